The summed E-state index contributed by atoms with van der Waals surface area (Å²) in [6, 6.07) is 5.53. The van der Waals surface area contributed by atoms with E-state index < -0.39 is 0 Å². The summed E-state index contributed by atoms with van der Waals surface area (Å²) in [5.74, 6) is 0.186. The van der Waals surface area contributed by atoms with Gasteiger partial charge in [-0.15, -0.1) is 0 Å². The summed E-state index contributed by atoms with van der Waals surface area (Å²) in [6.07, 6.45) is 1.49. The largest absolute Gasteiger partial charge is 0.294 e. The van der Waals surface area contributed by atoms with Crippen LogP contribution in [0.3, 0.4) is 0 Å². The fraction of sp³-hybridized carbons (Fsp3) is 0.300. The lowest BCUT2D eigenvalue weighted by Crippen LogP contribution is -2.19. The van der Waals surface area contributed by atoms with Gasteiger partial charge in [0.2, 0.25) is 0 Å². The molecule has 3 heteroatoms. The number of hydrogen-bond donors (Lipinski definition) is 0. The number of fused-ring (bicyclic) bond motifs is 1. The molecule has 13 heavy (non-hydrogen) atoms. The van der Waals surface area contributed by atoms with Gasteiger partial charge in [-0.3, -0.25) is 4.79 Å². The quantitative estimate of drug-likeness (QED) is 0.654. The molecule has 0 amide bonds. The Labute approximate surface area is 90.2 Å². The van der Waals surface area contributed by atoms with Crippen LogP contribution in [-0.2, 0) is 6.42 Å². The molecule has 1 aromatic carbocycles. The smallest absolute Gasteiger partial charge is 0.164 e. The van der Waals surface area contributed by atoms with Gasteiger partial charge in [-0.2, -0.15) is 0 Å². The third-order valence-corrected chi connectivity index (χ3v) is 3.10. The van der Waals surface area contributed by atoms with Crippen molar-refractivity contribution in [1.82, 2.24) is 0 Å². The Hall–Kier alpha value is -0.340. The lowest BCUT2D eigenvalue weighted by atomic mass is 9.91. The summed E-state index contributed by atoms with van der Waals surface area (Å²) in [5.41, 5.74) is 1.89. The van der Waals surface area contributed by atoms with Gasteiger partial charge < -0.3 is 0 Å². The normalized spacial score (nSPS) is 21.4. The first-order valence-electron chi connectivity index (χ1n) is 4.12. The van der Waals surface area contributed by atoms with Crippen molar-refractivity contribution in [2.45, 2.75) is 17.7 Å². The number of Topliss-reactive ketones (excluding diaryl/α,β-unsaturated/α-hetero) is 1. The van der Waals surface area contributed by atoms with Crippen LogP contribution in [0.1, 0.15) is 22.3 Å². The number of alkyl halides is 1. The molecule has 1 nitrogen and oxygen atoms in total. The first-order chi connectivity index (χ1) is 6.16. The molecule has 0 bridgehead atoms. The average Bonchev–Trinajstić information content (AvgIpc) is 2.06. The van der Waals surface area contributed by atoms with Crippen LogP contribution < -0.4 is 0 Å². The third-order valence-electron chi connectivity index (χ3n) is 2.22. The lowest BCUT2D eigenvalue weighted by molar-refractivity contribution is 0.0975. The summed E-state index contributed by atoms with van der Waals surface area (Å²) < 4.78 is 0. The molecule has 0 saturated heterocycles. The van der Waals surface area contributed by atoms with Crippen LogP contribution in [-0.4, -0.2) is 10.6 Å². The first kappa shape index (κ1) is 9.22. The van der Waals surface area contributed by atoms with Crippen molar-refractivity contribution in [2.75, 3.05) is 0 Å². The molecule has 1 aliphatic rings. The second-order valence-corrected chi connectivity index (χ2v) is 4.96. The molecule has 1 aromatic rings. The van der Waals surface area contributed by atoms with Crippen molar-refractivity contribution in [2.24, 2.45) is 0 Å². The number of ketones is 1. The van der Waals surface area contributed by atoms with Crippen LogP contribution in [0.15, 0.2) is 18.2 Å². The molecule has 2 rings (SSSR count). The van der Waals surface area contributed by atoms with E-state index in [2.05, 4.69) is 15.9 Å². The molecule has 0 saturated carbocycles. The predicted octanol–water partition coefficient (Wildman–Crippen LogP) is 3.23. The topological polar surface area (TPSA) is 17.1 Å². The molecule has 0 radical (unpaired) electrons. The van der Waals surface area contributed by atoms with Gasteiger partial charge in [0.05, 0.1) is 0 Å². The number of carbonyl (C=O) groups is 1. The highest BCUT2D eigenvalue weighted by molar-refractivity contribution is 9.09. The Balaban J connectivity index is 2.49. The predicted molar refractivity (Wildman–Crippen MR) is 56.8 cm³/mol. The Bertz CT molecular complexity index is 362. The molecule has 0 heterocycles. The zero-order valence-corrected chi connectivity index (χ0v) is 9.23. The van der Waals surface area contributed by atoms with E-state index in [1.165, 1.54) is 0 Å². The van der Waals surface area contributed by atoms with E-state index in [1.54, 1.807) is 6.07 Å². The summed E-state index contributed by atoms with van der Waals surface area (Å²) in [5, 5.41) is 0.639. The number of carbonyl (C=O) groups excluding carboxylic acids is 1. The molecule has 0 aromatic heterocycles. The molecule has 68 valence electrons. The van der Waals surface area contributed by atoms with Crippen LogP contribution in [0.25, 0.3) is 0 Å². The maximum absolute atomic E-state index is 11.6. The fourth-order valence-corrected chi connectivity index (χ4v) is 2.42. The molecule has 0 aliphatic heterocycles. The second kappa shape index (κ2) is 3.43. The van der Waals surface area contributed by atoms with Crippen LogP contribution in [0.4, 0.5) is 0 Å². The highest BCUT2D eigenvalue weighted by Crippen LogP contribution is 2.27. The van der Waals surface area contributed by atoms with Crippen molar-refractivity contribution >= 4 is 33.3 Å². The minimum Gasteiger partial charge on any atom is -0.294 e. The van der Waals surface area contributed by atoms with Crippen molar-refractivity contribution in [3.05, 3.63) is 34.3 Å². The first-order valence-corrected chi connectivity index (χ1v) is 5.42. The SMILES string of the molecule is O=C1CC(Br)Cc2ccc(Cl)cc21. The highest BCUT2D eigenvalue weighted by atomic mass is 79.9. The molecule has 1 aliphatic carbocycles. The van der Waals surface area contributed by atoms with Gasteiger partial charge in [-0.25, -0.2) is 0 Å². The standard InChI is InChI=1S/C10H8BrClO/c11-7-3-6-1-2-8(12)5-9(6)10(13)4-7/h1-2,5,7H,3-4H2. The number of benzene rings is 1. The van der Waals surface area contributed by atoms with Crippen LogP contribution in [0.2, 0.25) is 5.02 Å². The monoisotopic (exact) mass is 258 g/mol. The van der Waals surface area contributed by atoms with Gasteiger partial charge in [-0.1, -0.05) is 33.6 Å². The lowest BCUT2D eigenvalue weighted by Gasteiger charge is -2.18. The molecule has 0 fully saturated rings. The van der Waals surface area contributed by atoms with Crippen LogP contribution in [0, 0.1) is 0 Å². The summed E-state index contributed by atoms with van der Waals surface area (Å²) in [7, 11) is 0. The van der Waals surface area contributed by atoms with E-state index >= 15 is 0 Å². The Morgan fingerprint density at radius 3 is 2.92 bits per heavy atom. The van der Waals surface area contributed by atoms with Crippen molar-refractivity contribution in [1.29, 1.82) is 0 Å². The van der Waals surface area contributed by atoms with Gasteiger partial charge in [-0.05, 0) is 24.1 Å². The molecule has 1 atom stereocenters. The maximum Gasteiger partial charge on any atom is 0.164 e. The summed E-state index contributed by atoms with van der Waals surface area (Å²) >= 11 is 9.28. The molecular weight excluding hydrogens is 251 g/mol. The number of halogens is 2. The zero-order valence-electron chi connectivity index (χ0n) is 6.89. The van der Waals surface area contributed by atoms with Gasteiger partial charge in [0.15, 0.2) is 5.78 Å². The summed E-state index contributed by atoms with van der Waals surface area (Å²) in [6.45, 7) is 0. The van der Waals surface area contributed by atoms with Gasteiger partial charge in [0.1, 0.15) is 0 Å². The maximum atomic E-state index is 11.6. The Morgan fingerprint density at radius 1 is 1.38 bits per heavy atom. The second-order valence-electron chi connectivity index (χ2n) is 3.23. The van der Waals surface area contributed by atoms with Crippen molar-refractivity contribution in [3.63, 3.8) is 0 Å². The van der Waals surface area contributed by atoms with E-state index in [4.69, 9.17) is 11.6 Å². The molecular formula is C10H8BrClO. The van der Waals surface area contributed by atoms with Crippen molar-refractivity contribution in [3.8, 4) is 0 Å². The third kappa shape index (κ3) is 1.79. The number of rotatable bonds is 0. The Morgan fingerprint density at radius 2 is 2.15 bits per heavy atom. The van der Waals surface area contributed by atoms with Crippen LogP contribution >= 0.6 is 27.5 Å². The summed E-state index contributed by atoms with van der Waals surface area (Å²) in [4.78, 5) is 11.8. The van der Waals surface area contributed by atoms with E-state index in [-0.39, 0.29) is 10.6 Å². The minimum absolute atomic E-state index is 0.186. The molecule has 1 unspecified atom stereocenters. The number of hydrogen-bond acceptors (Lipinski definition) is 1. The van der Waals surface area contributed by atoms with Gasteiger partial charge in [0, 0.05) is 21.8 Å². The van der Waals surface area contributed by atoms with Crippen molar-refractivity contribution < 1.29 is 4.79 Å². The molecule has 0 N–H and O–H groups in total. The Kier molecular flexibility index (Phi) is 2.43. The van der Waals surface area contributed by atoms with Crippen LogP contribution in [0.5, 0.6) is 0 Å². The molecule has 0 spiro atoms. The van der Waals surface area contributed by atoms with E-state index in [0.717, 1.165) is 17.5 Å². The highest BCUT2D eigenvalue weighted by Gasteiger charge is 2.22. The minimum atomic E-state index is 0.186. The van der Waals surface area contributed by atoms with E-state index in [1.807, 2.05) is 12.1 Å². The van der Waals surface area contributed by atoms with E-state index in [9.17, 15) is 4.79 Å². The van der Waals surface area contributed by atoms with E-state index in [0.29, 0.717) is 11.4 Å². The fourth-order valence-electron chi connectivity index (χ4n) is 1.61. The zero-order chi connectivity index (χ0) is 9.42. The van der Waals surface area contributed by atoms with Gasteiger partial charge in [0.25, 0.3) is 0 Å². The average molecular weight is 260 g/mol. The van der Waals surface area contributed by atoms with Gasteiger partial charge >= 0.3 is 0 Å².